The fourth-order valence-electron chi connectivity index (χ4n) is 1.28. The van der Waals surface area contributed by atoms with Gasteiger partial charge in [0, 0.05) is 31.4 Å². The molecule has 88 valence electrons. The number of hydrogen-bond donors (Lipinski definition) is 2. The van der Waals surface area contributed by atoms with Gasteiger partial charge in [-0.15, -0.1) is 0 Å². The highest BCUT2D eigenvalue weighted by Crippen LogP contribution is 2.13. The van der Waals surface area contributed by atoms with Crippen molar-refractivity contribution < 1.29 is 9.90 Å². The van der Waals surface area contributed by atoms with Gasteiger partial charge in [0.2, 0.25) is 0 Å². The van der Waals surface area contributed by atoms with Crippen molar-refractivity contribution in [1.82, 2.24) is 5.32 Å². The number of anilines is 1. The third kappa shape index (κ3) is 3.24. The van der Waals surface area contributed by atoms with Gasteiger partial charge in [-0.3, -0.25) is 4.79 Å². The molecule has 1 atom stereocenters. The van der Waals surface area contributed by atoms with Crippen molar-refractivity contribution in [2.45, 2.75) is 13.0 Å². The Bertz CT molecular complexity index is 364. The highest BCUT2D eigenvalue weighted by Gasteiger charge is 2.09. The van der Waals surface area contributed by atoms with Crippen LogP contribution in [0.2, 0.25) is 0 Å². The first-order valence-electron chi connectivity index (χ1n) is 5.23. The topological polar surface area (TPSA) is 52.6 Å². The molecule has 0 spiro atoms. The van der Waals surface area contributed by atoms with Gasteiger partial charge in [-0.2, -0.15) is 0 Å². The number of carbonyl (C=O) groups is 1. The Labute approximate surface area is 95.9 Å². The summed E-state index contributed by atoms with van der Waals surface area (Å²) in [6, 6.07) is 7.13. The molecule has 0 aliphatic carbocycles. The van der Waals surface area contributed by atoms with E-state index in [-0.39, 0.29) is 18.6 Å². The van der Waals surface area contributed by atoms with Crippen molar-refractivity contribution >= 4 is 11.6 Å². The Morgan fingerprint density at radius 1 is 1.50 bits per heavy atom. The number of hydrogen-bond acceptors (Lipinski definition) is 3. The van der Waals surface area contributed by atoms with Crippen LogP contribution in [0.5, 0.6) is 0 Å². The highest BCUT2D eigenvalue weighted by atomic mass is 16.3. The van der Waals surface area contributed by atoms with Crippen LogP contribution < -0.4 is 10.2 Å². The number of nitrogens with zero attached hydrogens (tertiary/aromatic N) is 1. The average Bonchev–Trinajstić information content (AvgIpc) is 2.28. The van der Waals surface area contributed by atoms with E-state index in [1.54, 1.807) is 13.0 Å². The lowest BCUT2D eigenvalue weighted by Gasteiger charge is -2.15. The maximum atomic E-state index is 11.7. The molecular formula is C12H18N2O2. The van der Waals surface area contributed by atoms with Crippen molar-refractivity contribution in [2.24, 2.45) is 0 Å². The van der Waals surface area contributed by atoms with Gasteiger partial charge in [-0.05, 0) is 25.1 Å². The smallest absolute Gasteiger partial charge is 0.251 e. The van der Waals surface area contributed by atoms with E-state index in [4.69, 9.17) is 5.11 Å². The van der Waals surface area contributed by atoms with Gasteiger partial charge >= 0.3 is 0 Å². The second-order valence-electron chi connectivity index (χ2n) is 4.00. The summed E-state index contributed by atoms with van der Waals surface area (Å²) in [6.45, 7) is 1.70. The van der Waals surface area contributed by atoms with Gasteiger partial charge in [-0.1, -0.05) is 6.07 Å². The lowest BCUT2D eigenvalue weighted by Crippen LogP contribution is -2.35. The van der Waals surface area contributed by atoms with Crippen LogP contribution in [-0.2, 0) is 0 Å². The van der Waals surface area contributed by atoms with Gasteiger partial charge in [0.15, 0.2) is 0 Å². The first-order chi connectivity index (χ1) is 7.54. The zero-order valence-corrected chi connectivity index (χ0v) is 9.90. The van der Waals surface area contributed by atoms with Crippen LogP contribution in [0.15, 0.2) is 24.3 Å². The number of carbonyl (C=O) groups excluding carboxylic acids is 1. The van der Waals surface area contributed by atoms with Crippen molar-refractivity contribution in [3.8, 4) is 0 Å². The molecule has 1 aromatic rings. The normalized spacial score (nSPS) is 12.0. The summed E-state index contributed by atoms with van der Waals surface area (Å²) in [5.41, 5.74) is 1.58. The van der Waals surface area contributed by atoms with Gasteiger partial charge in [0.25, 0.3) is 5.91 Å². The molecule has 0 aromatic heterocycles. The average molecular weight is 222 g/mol. The zero-order chi connectivity index (χ0) is 12.1. The molecule has 4 nitrogen and oxygen atoms in total. The van der Waals surface area contributed by atoms with Gasteiger partial charge in [0.1, 0.15) is 0 Å². The quantitative estimate of drug-likeness (QED) is 0.794. The molecule has 4 heteroatoms. The fraction of sp³-hybridized carbons (Fsp3) is 0.417. The number of rotatable bonds is 4. The van der Waals surface area contributed by atoms with Crippen molar-refractivity contribution in [3.05, 3.63) is 29.8 Å². The third-order valence-corrected chi connectivity index (χ3v) is 2.28. The predicted molar refractivity (Wildman–Crippen MR) is 64.8 cm³/mol. The molecule has 0 saturated carbocycles. The molecule has 0 saturated heterocycles. The summed E-state index contributed by atoms with van der Waals surface area (Å²) in [4.78, 5) is 13.7. The standard InChI is InChI=1S/C12H18N2O2/c1-9(8-15)13-12(16)10-5-4-6-11(7-10)14(2)3/h4-7,9,15H,8H2,1-3H3,(H,13,16)/t9-/m0/s1. The van der Waals surface area contributed by atoms with Crippen LogP contribution in [0.4, 0.5) is 5.69 Å². The van der Waals surface area contributed by atoms with Crippen molar-refractivity contribution in [2.75, 3.05) is 25.6 Å². The summed E-state index contributed by atoms with van der Waals surface area (Å²) in [5.74, 6) is -0.162. The van der Waals surface area contributed by atoms with Gasteiger partial charge in [0.05, 0.1) is 6.61 Å². The zero-order valence-electron chi connectivity index (χ0n) is 9.90. The van der Waals surface area contributed by atoms with E-state index in [1.165, 1.54) is 0 Å². The molecule has 0 bridgehead atoms. The Hall–Kier alpha value is -1.55. The molecule has 16 heavy (non-hydrogen) atoms. The number of amides is 1. The minimum Gasteiger partial charge on any atom is -0.394 e. The molecule has 0 fully saturated rings. The van der Waals surface area contributed by atoms with E-state index in [0.29, 0.717) is 5.56 Å². The van der Waals surface area contributed by atoms with Crippen molar-refractivity contribution in [1.29, 1.82) is 0 Å². The molecule has 0 radical (unpaired) electrons. The van der Waals surface area contributed by atoms with Crippen LogP contribution in [0.25, 0.3) is 0 Å². The van der Waals surface area contributed by atoms with Crippen LogP contribution >= 0.6 is 0 Å². The number of nitrogens with one attached hydrogen (secondary N) is 1. The van der Waals surface area contributed by atoms with E-state index in [2.05, 4.69) is 5.32 Å². The Balaban J connectivity index is 2.79. The van der Waals surface area contributed by atoms with E-state index in [1.807, 2.05) is 37.2 Å². The van der Waals surface area contributed by atoms with Gasteiger partial charge in [-0.25, -0.2) is 0 Å². The molecule has 0 aliphatic heterocycles. The first-order valence-corrected chi connectivity index (χ1v) is 5.23. The molecule has 1 rings (SSSR count). The Kier molecular flexibility index (Phi) is 4.31. The van der Waals surface area contributed by atoms with Crippen LogP contribution in [-0.4, -0.2) is 37.8 Å². The molecule has 0 heterocycles. The lowest BCUT2D eigenvalue weighted by atomic mass is 10.1. The number of aliphatic hydroxyl groups is 1. The van der Waals surface area contributed by atoms with E-state index in [9.17, 15) is 4.79 Å². The summed E-state index contributed by atoms with van der Waals surface area (Å²) in [5, 5.41) is 11.6. The first kappa shape index (κ1) is 12.5. The largest absolute Gasteiger partial charge is 0.394 e. The number of aliphatic hydroxyl groups excluding tert-OH is 1. The van der Waals surface area contributed by atoms with E-state index < -0.39 is 0 Å². The fourth-order valence-corrected chi connectivity index (χ4v) is 1.28. The summed E-state index contributed by atoms with van der Waals surface area (Å²) in [6.07, 6.45) is 0. The van der Waals surface area contributed by atoms with E-state index in [0.717, 1.165) is 5.69 Å². The van der Waals surface area contributed by atoms with Crippen molar-refractivity contribution in [3.63, 3.8) is 0 Å². The Morgan fingerprint density at radius 3 is 2.75 bits per heavy atom. The molecule has 1 amide bonds. The lowest BCUT2D eigenvalue weighted by molar-refractivity contribution is 0.0922. The monoisotopic (exact) mass is 222 g/mol. The molecule has 0 unspecified atom stereocenters. The summed E-state index contributed by atoms with van der Waals surface area (Å²) < 4.78 is 0. The third-order valence-electron chi connectivity index (χ3n) is 2.28. The van der Waals surface area contributed by atoms with Crippen LogP contribution in [0.3, 0.4) is 0 Å². The Morgan fingerprint density at radius 2 is 2.19 bits per heavy atom. The highest BCUT2D eigenvalue weighted by molar-refractivity contribution is 5.95. The summed E-state index contributed by atoms with van der Waals surface area (Å²) >= 11 is 0. The molecule has 1 aromatic carbocycles. The maximum Gasteiger partial charge on any atom is 0.251 e. The number of benzene rings is 1. The van der Waals surface area contributed by atoms with Gasteiger partial charge < -0.3 is 15.3 Å². The second-order valence-corrected chi connectivity index (χ2v) is 4.00. The second kappa shape index (κ2) is 5.51. The summed E-state index contributed by atoms with van der Waals surface area (Å²) in [7, 11) is 3.85. The van der Waals surface area contributed by atoms with E-state index >= 15 is 0 Å². The minimum absolute atomic E-state index is 0.0564. The van der Waals surface area contributed by atoms with Crippen LogP contribution in [0.1, 0.15) is 17.3 Å². The SMILES string of the molecule is C[C@@H](CO)NC(=O)c1cccc(N(C)C)c1. The molecule has 2 N–H and O–H groups in total. The predicted octanol–water partition coefficient (Wildman–Crippen LogP) is 0.863. The molecular weight excluding hydrogens is 204 g/mol. The molecule has 0 aliphatic rings. The minimum atomic E-state index is -0.226. The maximum absolute atomic E-state index is 11.7. The van der Waals surface area contributed by atoms with Crippen LogP contribution in [0, 0.1) is 0 Å².